The van der Waals surface area contributed by atoms with Gasteiger partial charge in [-0.2, -0.15) is 5.23 Å². The highest BCUT2D eigenvalue weighted by Crippen LogP contribution is 2.52. The third-order valence-electron chi connectivity index (χ3n) is 2.53. The van der Waals surface area contributed by atoms with Gasteiger partial charge in [0.1, 0.15) is 0 Å². The molecule has 1 rings (SSSR count). The number of benzene rings is 1. The van der Waals surface area contributed by atoms with Crippen molar-refractivity contribution in [3.8, 4) is 0 Å². The molecule has 0 aliphatic heterocycles. The lowest BCUT2D eigenvalue weighted by Gasteiger charge is -2.22. The van der Waals surface area contributed by atoms with Gasteiger partial charge in [-0.15, -0.1) is 5.10 Å². The van der Waals surface area contributed by atoms with Crippen molar-refractivity contribution in [3.63, 3.8) is 0 Å². The Labute approximate surface area is 141 Å². The Morgan fingerprint density at radius 3 is 2.08 bits per heavy atom. The van der Waals surface area contributed by atoms with Crippen molar-refractivity contribution < 1.29 is 28.8 Å². The quantitative estimate of drug-likeness (QED) is 0.282. The van der Waals surface area contributed by atoms with Gasteiger partial charge in [0.15, 0.2) is 5.69 Å². The number of methoxy groups -OCH3 is 1. The van der Waals surface area contributed by atoms with Gasteiger partial charge in [-0.05, 0) is 39.8 Å². The van der Waals surface area contributed by atoms with E-state index in [9.17, 15) is 9.77 Å². The number of hydrogen-bond acceptors (Lipinski definition) is 8. The number of quaternary nitrogens is 1. The Morgan fingerprint density at radius 1 is 1.21 bits per heavy atom. The van der Waals surface area contributed by atoms with Crippen LogP contribution in [0.15, 0.2) is 29.4 Å². The lowest BCUT2D eigenvalue weighted by molar-refractivity contribution is -0.991. The zero-order chi connectivity index (χ0) is 18.3. The Morgan fingerprint density at radius 2 is 1.71 bits per heavy atom. The van der Waals surface area contributed by atoms with Crippen molar-refractivity contribution >= 4 is 24.6 Å². The van der Waals surface area contributed by atoms with Gasteiger partial charge in [0, 0.05) is 12.1 Å². The zero-order valence-electron chi connectivity index (χ0n) is 14.3. The average molecular weight is 361 g/mol. The maximum Gasteiger partial charge on any atom is 0.417 e. The highest BCUT2D eigenvalue weighted by atomic mass is 31.2. The summed E-state index contributed by atoms with van der Waals surface area (Å²) in [7, 11) is -2.42. The number of nitrogens with one attached hydrogen (secondary N) is 2. The Balaban J connectivity index is 2.98. The monoisotopic (exact) mass is 361 g/mol. The number of hydrogen-bond donors (Lipinski definition) is 3. The molecule has 3 N–H and O–H groups in total. The van der Waals surface area contributed by atoms with Gasteiger partial charge in [-0.1, -0.05) is 0 Å². The van der Waals surface area contributed by atoms with Crippen LogP contribution in [0.2, 0.25) is 0 Å². The molecule has 0 aliphatic carbocycles. The van der Waals surface area contributed by atoms with Crippen LogP contribution in [0.25, 0.3) is 0 Å². The van der Waals surface area contributed by atoms with E-state index in [2.05, 4.69) is 10.5 Å². The molecule has 0 spiro atoms. The molecule has 0 aromatic heterocycles. The molecule has 1 atom stereocenters. The van der Waals surface area contributed by atoms with Crippen LogP contribution in [0.1, 0.15) is 27.7 Å². The van der Waals surface area contributed by atoms with Gasteiger partial charge in [-0.25, -0.2) is 9.77 Å². The first-order valence-electron chi connectivity index (χ1n) is 7.36. The highest BCUT2D eigenvalue weighted by molar-refractivity contribution is 7.71. The summed E-state index contributed by atoms with van der Waals surface area (Å²) in [4.78, 5) is 0. The molecule has 0 heterocycles. The van der Waals surface area contributed by atoms with E-state index in [1.54, 1.807) is 27.7 Å². The molecule has 10 heteroatoms. The molecule has 0 aliphatic rings. The summed E-state index contributed by atoms with van der Waals surface area (Å²) in [6.45, 7) is 6.90. The first-order chi connectivity index (χ1) is 11.2. The summed E-state index contributed by atoms with van der Waals surface area (Å²) < 4.78 is 28.8. The van der Waals surface area contributed by atoms with Crippen molar-refractivity contribution in [1.82, 2.24) is 0 Å². The molecule has 1 aromatic rings. The minimum atomic E-state index is -3.73. The van der Waals surface area contributed by atoms with Gasteiger partial charge in [0.25, 0.3) is 0 Å². The average Bonchev–Trinajstić information content (AvgIpc) is 2.46. The Kier molecular flexibility index (Phi) is 7.82. The molecule has 0 radical (unpaired) electrons. The maximum absolute atomic E-state index is 12.9. The number of anilines is 1. The molecule has 0 saturated heterocycles. The Bertz CT molecular complexity index is 575. The van der Waals surface area contributed by atoms with Crippen LogP contribution in [-0.4, -0.2) is 30.2 Å². The van der Waals surface area contributed by atoms with E-state index in [-0.39, 0.29) is 23.5 Å². The summed E-state index contributed by atoms with van der Waals surface area (Å²) in [5.41, 5.74) is 3.08. The zero-order valence-corrected chi connectivity index (χ0v) is 15.2. The van der Waals surface area contributed by atoms with Gasteiger partial charge >= 0.3 is 13.2 Å². The Hall–Kier alpha value is -1.48. The fourth-order valence-electron chi connectivity index (χ4n) is 1.69. The predicted molar refractivity (Wildman–Crippen MR) is 90.3 cm³/mol. The van der Waals surface area contributed by atoms with Crippen molar-refractivity contribution in [3.05, 3.63) is 29.5 Å². The number of rotatable bonds is 8. The standard InChI is InChI=1S/C14H24N3O6P/c1-10(2)22-24(20,23-11(3)4)14(21-5)16-15-12-6-8-13(9-7-12)17(18)19/h6-11,15,17-18H,1-5H3/b16-14+. The molecular formula is C14H24N3O6P. The van der Waals surface area contributed by atoms with E-state index >= 15 is 0 Å². The molecule has 0 saturated carbocycles. The van der Waals surface area contributed by atoms with Gasteiger partial charge in [0.05, 0.1) is 25.0 Å². The molecule has 0 amide bonds. The first-order valence-corrected chi connectivity index (χ1v) is 8.90. The fraction of sp³-hybridized carbons (Fsp3) is 0.500. The third kappa shape index (κ3) is 6.20. The summed E-state index contributed by atoms with van der Waals surface area (Å²) in [5, 5.41) is 22.6. The highest BCUT2D eigenvalue weighted by Gasteiger charge is 2.36. The second kappa shape index (κ2) is 9.12. The first kappa shape index (κ1) is 20.6. The molecule has 1 aromatic carbocycles. The largest absolute Gasteiger partial charge is 0.595 e. The third-order valence-corrected chi connectivity index (χ3v) is 4.68. The van der Waals surface area contributed by atoms with Crippen LogP contribution in [0.3, 0.4) is 0 Å². The molecule has 0 bridgehead atoms. The topological polar surface area (TPSA) is 117 Å². The van der Waals surface area contributed by atoms with E-state index < -0.39 is 12.8 Å². The van der Waals surface area contributed by atoms with Gasteiger partial charge in [0.2, 0.25) is 0 Å². The molecule has 9 nitrogen and oxygen atoms in total. The summed E-state index contributed by atoms with van der Waals surface area (Å²) in [6.07, 6.45) is -0.713. The lowest BCUT2D eigenvalue weighted by Crippen LogP contribution is -2.99. The molecular weight excluding hydrogens is 337 g/mol. The summed E-state index contributed by atoms with van der Waals surface area (Å²) in [5.74, 6) is 0. The SMILES string of the molecule is CO/C(=N\Nc1ccc([NH+]([O-])O)cc1)P(=O)(OC(C)C)OC(C)C. The second-order valence-electron chi connectivity index (χ2n) is 5.40. The van der Waals surface area contributed by atoms with E-state index in [4.69, 9.17) is 19.0 Å². The molecule has 24 heavy (non-hydrogen) atoms. The predicted octanol–water partition coefficient (Wildman–Crippen LogP) is 2.46. The smallest absolute Gasteiger partial charge is 0.417 e. The lowest BCUT2D eigenvalue weighted by atomic mass is 10.3. The van der Waals surface area contributed by atoms with E-state index in [1.165, 1.54) is 31.4 Å². The van der Waals surface area contributed by atoms with Crippen molar-refractivity contribution in [2.75, 3.05) is 12.5 Å². The minimum absolute atomic E-state index is 0.147. The fourth-order valence-corrected chi connectivity index (χ4v) is 3.42. The van der Waals surface area contributed by atoms with Crippen molar-refractivity contribution in [2.24, 2.45) is 5.10 Å². The van der Waals surface area contributed by atoms with Crippen LogP contribution < -0.4 is 10.7 Å². The second-order valence-corrected chi connectivity index (χ2v) is 7.20. The summed E-state index contributed by atoms with van der Waals surface area (Å²) >= 11 is 0. The number of nitrogens with zero attached hydrogens (tertiary/aromatic N) is 1. The minimum Gasteiger partial charge on any atom is -0.595 e. The van der Waals surface area contributed by atoms with Crippen molar-refractivity contribution in [1.29, 1.82) is 0 Å². The molecule has 136 valence electrons. The maximum atomic E-state index is 12.9. The van der Waals surface area contributed by atoms with Gasteiger partial charge < -0.3 is 9.94 Å². The summed E-state index contributed by atoms with van der Waals surface area (Å²) in [6, 6.07) is 5.89. The van der Waals surface area contributed by atoms with Crippen LogP contribution in [0.4, 0.5) is 11.4 Å². The van der Waals surface area contributed by atoms with Crippen LogP contribution in [-0.2, 0) is 18.3 Å². The normalized spacial score (nSPS) is 14.1. The van der Waals surface area contributed by atoms with Crippen LogP contribution >= 0.6 is 7.60 Å². The number of ether oxygens (including phenoxy) is 1. The van der Waals surface area contributed by atoms with Crippen LogP contribution in [0.5, 0.6) is 0 Å². The van der Waals surface area contributed by atoms with Crippen LogP contribution in [0, 0.1) is 5.21 Å². The van der Waals surface area contributed by atoms with E-state index in [0.717, 1.165) is 0 Å². The van der Waals surface area contributed by atoms with E-state index in [1.807, 2.05) is 0 Å². The van der Waals surface area contributed by atoms with Gasteiger partial charge in [-0.3, -0.25) is 14.5 Å². The van der Waals surface area contributed by atoms with Crippen molar-refractivity contribution in [2.45, 2.75) is 39.9 Å². The van der Waals surface area contributed by atoms with E-state index in [0.29, 0.717) is 5.69 Å². The number of hydrazone groups is 1. The molecule has 0 fully saturated rings. The molecule has 1 unspecified atom stereocenters.